The van der Waals surface area contributed by atoms with Crippen LogP contribution in [0.25, 0.3) is 0 Å². The Morgan fingerprint density at radius 3 is 2.33 bits per heavy atom. The molecule has 0 fully saturated rings. The first-order valence-electron chi connectivity index (χ1n) is 8.75. The van der Waals surface area contributed by atoms with E-state index in [9.17, 15) is 9.59 Å². The van der Waals surface area contributed by atoms with Gasteiger partial charge in [0.2, 0.25) is 0 Å². The highest BCUT2D eigenvalue weighted by Crippen LogP contribution is 2.34. The molecule has 1 amide bonds. The predicted molar refractivity (Wildman–Crippen MR) is 118 cm³/mol. The number of carbonyl (C=O) groups is 2. The van der Waals surface area contributed by atoms with E-state index in [0.717, 1.165) is 0 Å². The fraction of sp³-hybridized carbons (Fsp3) is 0.250. The number of carboxylic acids is 1. The summed E-state index contributed by atoms with van der Waals surface area (Å²) >= 11 is 2.01. The van der Waals surface area contributed by atoms with E-state index in [4.69, 9.17) is 24.1 Å². The van der Waals surface area contributed by atoms with Gasteiger partial charge < -0.3 is 24.1 Å². The highest BCUT2D eigenvalue weighted by Gasteiger charge is 2.14. The van der Waals surface area contributed by atoms with Gasteiger partial charge in [-0.15, -0.1) is 0 Å². The molecule has 160 valence electrons. The number of nitrogens with zero attached hydrogens (tertiary/aromatic N) is 1. The summed E-state index contributed by atoms with van der Waals surface area (Å²) in [6.45, 7) is 1.69. The minimum Gasteiger partial charge on any atom is -0.497 e. The highest BCUT2D eigenvalue weighted by atomic mass is 127. The third-order valence-electron chi connectivity index (χ3n) is 3.67. The van der Waals surface area contributed by atoms with Crippen LogP contribution in [0.1, 0.15) is 22.8 Å². The van der Waals surface area contributed by atoms with Gasteiger partial charge in [0.15, 0.2) is 18.1 Å². The summed E-state index contributed by atoms with van der Waals surface area (Å²) in [4.78, 5) is 23.2. The summed E-state index contributed by atoms with van der Waals surface area (Å²) in [7, 11) is 2.99. The van der Waals surface area contributed by atoms with Gasteiger partial charge in [0.1, 0.15) is 11.5 Å². The summed E-state index contributed by atoms with van der Waals surface area (Å²) in [5.41, 5.74) is 3.40. The van der Waals surface area contributed by atoms with Crippen LogP contribution in [-0.4, -0.2) is 50.6 Å². The highest BCUT2D eigenvalue weighted by molar-refractivity contribution is 14.1. The second kappa shape index (κ2) is 11.2. The molecule has 0 aliphatic heterocycles. The van der Waals surface area contributed by atoms with Gasteiger partial charge in [-0.05, 0) is 59.3 Å². The minimum atomic E-state index is -1.09. The van der Waals surface area contributed by atoms with Gasteiger partial charge in [0, 0.05) is 11.6 Å². The second-order valence-electron chi connectivity index (χ2n) is 5.75. The number of aliphatic carboxylic acids is 1. The molecule has 0 atom stereocenters. The lowest BCUT2D eigenvalue weighted by molar-refractivity contribution is -0.139. The van der Waals surface area contributed by atoms with Crippen molar-refractivity contribution in [3.05, 3.63) is 45.0 Å². The van der Waals surface area contributed by atoms with Gasteiger partial charge in [-0.1, -0.05) is 0 Å². The molecule has 0 saturated carbocycles. The Labute approximate surface area is 187 Å². The fourth-order valence-corrected chi connectivity index (χ4v) is 3.15. The van der Waals surface area contributed by atoms with Crippen LogP contribution in [0.4, 0.5) is 0 Å². The van der Waals surface area contributed by atoms with E-state index in [-0.39, 0.29) is 0 Å². The summed E-state index contributed by atoms with van der Waals surface area (Å²) in [5, 5.41) is 12.8. The summed E-state index contributed by atoms with van der Waals surface area (Å²) in [5.74, 6) is 0.161. The molecule has 0 bridgehead atoms. The van der Waals surface area contributed by atoms with Crippen molar-refractivity contribution in [3.63, 3.8) is 0 Å². The van der Waals surface area contributed by atoms with Gasteiger partial charge in [-0.25, -0.2) is 10.2 Å². The molecule has 0 saturated heterocycles. The van der Waals surface area contributed by atoms with Gasteiger partial charge in [0.05, 0.1) is 30.6 Å². The molecule has 2 N–H and O–H groups in total. The maximum atomic E-state index is 12.4. The third-order valence-corrected chi connectivity index (χ3v) is 4.47. The number of carboxylic acid groups (broad SMARTS) is 1. The smallest absolute Gasteiger partial charge is 0.341 e. The van der Waals surface area contributed by atoms with E-state index in [2.05, 4.69) is 10.5 Å². The van der Waals surface area contributed by atoms with Crippen molar-refractivity contribution >= 4 is 40.7 Å². The monoisotopic (exact) mass is 528 g/mol. The molecule has 2 aromatic rings. The molecule has 0 radical (unpaired) electrons. The van der Waals surface area contributed by atoms with E-state index >= 15 is 0 Å². The SMILES string of the molecule is CCOc1cc(/C=N\NC(=O)c2cc(OC)cc(OC)c2)cc(I)c1OCC(=O)O. The number of hydrogen-bond donors (Lipinski definition) is 2. The number of rotatable bonds is 10. The molecular formula is C20H21IN2O7. The Bertz CT molecular complexity index is 925. The molecule has 0 unspecified atom stereocenters. The molecule has 30 heavy (non-hydrogen) atoms. The van der Waals surface area contributed by atoms with Crippen molar-refractivity contribution in [2.24, 2.45) is 5.10 Å². The lowest BCUT2D eigenvalue weighted by Crippen LogP contribution is -2.17. The topological polar surface area (TPSA) is 116 Å². The van der Waals surface area contributed by atoms with Crippen LogP contribution in [0.2, 0.25) is 0 Å². The largest absolute Gasteiger partial charge is 0.497 e. The number of methoxy groups -OCH3 is 2. The average Bonchev–Trinajstić information content (AvgIpc) is 2.72. The van der Waals surface area contributed by atoms with Crippen molar-refractivity contribution < 1.29 is 33.6 Å². The normalized spacial score (nSPS) is 10.5. The van der Waals surface area contributed by atoms with Crippen LogP contribution in [-0.2, 0) is 4.79 Å². The maximum Gasteiger partial charge on any atom is 0.341 e. The van der Waals surface area contributed by atoms with Crippen molar-refractivity contribution in [1.29, 1.82) is 0 Å². The Morgan fingerprint density at radius 1 is 1.10 bits per heavy atom. The van der Waals surface area contributed by atoms with E-state index < -0.39 is 18.5 Å². The first-order valence-corrected chi connectivity index (χ1v) is 9.83. The summed E-state index contributed by atoms with van der Waals surface area (Å²) in [6, 6.07) is 8.17. The molecule has 0 heterocycles. The van der Waals surface area contributed by atoms with Crippen molar-refractivity contribution in [2.45, 2.75) is 6.92 Å². The maximum absolute atomic E-state index is 12.4. The van der Waals surface area contributed by atoms with Crippen molar-refractivity contribution in [3.8, 4) is 23.0 Å². The molecule has 0 aliphatic rings. The summed E-state index contributed by atoms with van der Waals surface area (Å²) < 4.78 is 21.8. The van der Waals surface area contributed by atoms with Crippen LogP contribution in [0.5, 0.6) is 23.0 Å². The van der Waals surface area contributed by atoms with Crippen molar-refractivity contribution in [1.82, 2.24) is 5.43 Å². The van der Waals surface area contributed by atoms with Gasteiger partial charge in [0.25, 0.3) is 5.91 Å². The predicted octanol–water partition coefficient (Wildman–Crippen LogP) is 2.93. The first kappa shape index (κ1) is 23.3. The second-order valence-corrected chi connectivity index (χ2v) is 6.91. The molecule has 0 aromatic heterocycles. The van der Waals surface area contributed by atoms with Gasteiger partial charge in [-0.3, -0.25) is 4.79 Å². The standard InChI is InChI=1S/C20H21IN2O7/c1-4-29-17-6-12(5-16(21)19(17)30-11-18(24)25)10-22-23-20(26)13-7-14(27-2)9-15(8-13)28-3/h5-10H,4,11H2,1-3H3,(H,23,26)(H,24,25)/b22-10-. The summed E-state index contributed by atoms with van der Waals surface area (Å²) in [6.07, 6.45) is 1.45. The van der Waals surface area contributed by atoms with Crippen molar-refractivity contribution in [2.75, 3.05) is 27.4 Å². The number of ether oxygens (including phenoxy) is 4. The van der Waals surface area contributed by atoms with Crippen LogP contribution in [0.3, 0.4) is 0 Å². The van der Waals surface area contributed by atoms with Crippen LogP contribution >= 0.6 is 22.6 Å². The van der Waals surface area contributed by atoms with E-state index in [0.29, 0.717) is 44.3 Å². The zero-order valence-corrected chi connectivity index (χ0v) is 18.8. The molecule has 10 heteroatoms. The minimum absolute atomic E-state index is 0.324. The molecule has 9 nitrogen and oxygen atoms in total. The number of benzene rings is 2. The molecule has 0 spiro atoms. The van der Waals surface area contributed by atoms with E-state index in [1.807, 2.05) is 22.6 Å². The van der Waals surface area contributed by atoms with Crippen LogP contribution < -0.4 is 24.4 Å². The van der Waals surface area contributed by atoms with Gasteiger partial charge in [-0.2, -0.15) is 5.10 Å². The molecule has 0 aliphatic carbocycles. The van der Waals surface area contributed by atoms with Crippen LogP contribution in [0.15, 0.2) is 35.4 Å². The number of halogens is 1. The Balaban J connectivity index is 2.17. The number of amides is 1. The number of hydrogen-bond acceptors (Lipinski definition) is 7. The first-order chi connectivity index (χ1) is 14.4. The Hall–Kier alpha value is -3.02. The molecule has 2 aromatic carbocycles. The zero-order valence-electron chi connectivity index (χ0n) is 16.6. The Morgan fingerprint density at radius 2 is 1.77 bits per heavy atom. The molecular weight excluding hydrogens is 507 g/mol. The quantitative estimate of drug-likeness (QED) is 0.277. The third kappa shape index (κ3) is 6.51. The number of nitrogens with one attached hydrogen (secondary N) is 1. The zero-order chi connectivity index (χ0) is 22.1. The van der Waals surface area contributed by atoms with Gasteiger partial charge >= 0.3 is 5.97 Å². The lowest BCUT2D eigenvalue weighted by Gasteiger charge is -2.13. The molecule has 2 rings (SSSR count). The van der Waals surface area contributed by atoms with E-state index in [1.165, 1.54) is 20.4 Å². The number of carbonyl (C=O) groups excluding carboxylic acids is 1. The Kier molecular flexibility index (Phi) is 8.71. The van der Waals surface area contributed by atoms with E-state index in [1.54, 1.807) is 37.3 Å². The van der Waals surface area contributed by atoms with Crippen LogP contribution in [0, 0.1) is 3.57 Å². The fourth-order valence-electron chi connectivity index (χ4n) is 2.37. The lowest BCUT2D eigenvalue weighted by atomic mass is 10.2. The average molecular weight is 528 g/mol. The number of hydrazone groups is 1.